The molecule has 16 heavy (non-hydrogen) atoms. The predicted molar refractivity (Wildman–Crippen MR) is 61.5 cm³/mol. The average molecular weight is 268 g/mol. The van der Waals surface area contributed by atoms with E-state index >= 15 is 0 Å². The van der Waals surface area contributed by atoms with E-state index in [0.717, 1.165) is 6.42 Å². The number of aryl methyl sites for hydroxylation is 1. The van der Waals surface area contributed by atoms with Crippen molar-refractivity contribution in [2.24, 2.45) is 0 Å². The van der Waals surface area contributed by atoms with Gasteiger partial charge < -0.3 is 44.8 Å². The molecule has 0 aliphatic rings. The van der Waals surface area contributed by atoms with E-state index in [1.165, 1.54) is 12.5 Å². The minimum absolute atomic E-state index is 0. The summed E-state index contributed by atoms with van der Waals surface area (Å²) in [5.74, 6) is -0.137. The van der Waals surface area contributed by atoms with E-state index < -0.39 is 4.92 Å². The summed E-state index contributed by atoms with van der Waals surface area (Å²) < 4.78 is 2.00. The Hall–Kier alpha value is -0.280. The predicted octanol–water partition coefficient (Wildman–Crippen LogP) is -2.39. The molecule has 0 aromatic carbocycles. The molecule has 1 aromatic heterocycles. The summed E-state index contributed by atoms with van der Waals surface area (Å²) in [4.78, 5) is 13.4. The van der Waals surface area contributed by atoms with Gasteiger partial charge in [0, 0.05) is 13.1 Å². The zero-order chi connectivity index (χ0) is 11.3. The fourth-order valence-corrected chi connectivity index (χ4v) is 1.22. The van der Waals surface area contributed by atoms with Gasteiger partial charge in [0.15, 0.2) is 0 Å². The Bertz CT molecular complexity index is 371. The Morgan fingerprint density at radius 2 is 2.44 bits per heavy atom. The topological polar surface area (TPSA) is 73.0 Å². The van der Waals surface area contributed by atoms with Crippen molar-refractivity contribution < 1.29 is 34.5 Å². The molecule has 0 atom stereocenters. The molecule has 0 saturated heterocycles. The van der Waals surface area contributed by atoms with Gasteiger partial charge in [-0.25, -0.2) is 0 Å². The van der Waals surface area contributed by atoms with Gasteiger partial charge in [-0.15, -0.1) is 0 Å². The maximum absolute atomic E-state index is 10.3. The molecule has 1 heterocycles. The number of nitrogens with one attached hydrogen (secondary N) is 1. The van der Waals surface area contributed by atoms with Crippen LogP contribution in [0.5, 0.6) is 0 Å². The van der Waals surface area contributed by atoms with Crippen molar-refractivity contribution in [1.82, 2.24) is 14.9 Å². The first kappa shape index (κ1) is 15.7. The quantitative estimate of drug-likeness (QED) is 0.160. The summed E-state index contributed by atoms with van der Waals surface area (Å²) in [6, 6.07) is 0. The largest absolute Gasteiger partial charge is 1.00 e. The number of nitro groups is 1. The first-order valence-corrected chi connectivity index (χ1v) is 5.02. The Balaban J connectivity index is 0.00000225. The molecule has 0 spiro atoms. The van der Waals surface area contributed by atoms with Gasteiger partial charge in [-0.3, -0.25) is 0 Å². The van der Waals surface area contributed by atoms with E-state index in [1.54, 1.807) is 4.57 Å². The second kappa shape index (κ2) is 7.91. The van der Waals surface area contributed by atoms with Crippen LogP contribution in [0.4, 0.5) is 5.82 Å². The number of hydrogen-bond acceptors (Lipinski definition) is 5. The number of hydrogen-bond donors (Lipinski definition) is 1. The Morgan fingerprint density at radius 3 is 2.94 bits per heavy atom. The van der Waals surface area contributed by atoms with Crippen molar-refractivity contribution in [1.29, 1.82) is 0 Å². The minimum atomic E-state index is -0.521. The SMILES string of the molecule is O=[N+]([O-])c1cn(CCCNC(=S)[S-])cn1.[Na+]. The molecule has 0 amide bonds. The summed E-state index contributed by atoms with van der Waals surface area (Å²) in [5, 5.41) is 13.1. The van der Waals surface area contributed by atoms with Crippen molar-refractivity contribution in [3.8, 4) is 0 Å². The van der Waals surface area contributed by atoms with Crippen molar-refractivity contribution >= 4 is 35.0 Å². The smallest absolute Gasteiger partial charge is 0.412 e. The van der Waals surface area contributed by atoms with Crippen LogP contribution in [0.15, 0.2) is 12.5 Å². The fourth-order valence-electron chi connectivity index (χ4n) is 1.02. The summed E-state index contributed by atoms with van der Waals surface area (Å²) in [6.45, 7) is 1.31. The summed E-state index contributed by atoms with van der Waals surface area (Å²) in [6.07, 6.45) is 3.61. The van der Waals surface area contributed by atoms with E-state index in [9.17, 15) is 10.1 Å². The third-order valence-electron chi connectivity index (χ3n) is 1.67. The number of thiocarbonyl (C=S) groups is 1. The van der Waals surface area contributed by atoms with Gasteiger partial charge in [0.05, 0.1) is 0 Å². The Morgan fingerprint density at radius 1 is 1.75 bits per heavy atom. The van der Waals surface area contributed by atoms with Crippen LogP contribution in [0, 0.1) is 10.1 Å². The fraction of sp³-hybridized carbons (Fsp3) is 0.429. The summed E-state index contributed by atoms with van der Waals surface area (Å²) >= 11 is 9.32. The van der Waals surface area contributed by atoms with E-state index in [1.807, 2.05) is 0 Å². The first-order chi connectivity index (χ1) is 7.09. The molecular formula is C7H9N4NaO2S2. The molecule has 9 heteroatoms. The molecule has 6 nitrogen and oxygen atoms in total. The standard InChI is InChI=1S/C7H10N4O2S2.Na/c12-11(13)6-4-10(5-9-6)3-1-2-8-7(14)15;/h4-5H,1-3H2,(H2,8,14,15);/q;+1/p-1. The van der Waals surface area contributed by atoms with Gasteiger partial charge in [0.2, 0.25) is 6.33 Å². The molecule has 0 radical (unpaired) electrons. The molecule has 0 bridgehead atoms. The van der Waals surface area contributed by atoms with Crippen LogP contribution in [0.1, 0.15) is 6.42 Å². The van der Waals surface area contributed by atoms with Crippen molar-refractivity contribution in [2.75, 3.05) is 6.54 Å². The van der Waals surface area contributed by atoms with Crippen molar-refractivity contribution in [3.63, 3.8) is 0 Å². The van der Waals surface area contributed by atoms with Gasteiger partial charge in [-0.2, -0.15) is 0 Å². The molecule has 0 fully saturated rings. The monoisotopic (exact) mass is 268 g/mol. The molecule has 1 aromatic rings. The molecule has 0 aliphatic carbocycles. The zero-order valence-corrected chi connectivity index (χ0v) is 12.4. The molecule has 0 aliphatic heterocycles. The summed E-state index contributed by atoms with van der Waals surface area (Å²) in [7, 11) is 0. The van der Waals surface area contributed by atoms with Gasteiger partial charge in [-0.1, -0.05) is 4.32 Å². The number of imidazole rings is 1. The second-order valence-corrected chi connectivity index (χ2v) is 3.87. The van der Waals surface area contributed by atoms with Crippen LogP contribution in [0.2, 0.25) is 0 Å². The maximum Gasteiger partial charge on any atom is 1.00 e. The Kier molecular flexibility index (Phi) is 7.77. The third kappa shape index (κ3) is 5.71. The number of aromatic nitrogens is 2. The van der Waals surface area contributed by atoms with E-state index in [4.69, 9.17) is 0 Å². The van der Waals surface area contributed by atoms with Crippen LogP contribution in [0.25, 0.3) is 0 Å². The summed E-state index contributed by atoms with van der Waals surface area (Å²) in [5.41, 5.74) is 0. The molecule has 82 valence electrons. The average Bonchev–Trinajstić information content (AvgIpc) is 2.60. The van der Waals surface area contributed by atoms with Gasteiger partial charge in [0.25, 0.3) is 0 Å². The van der Waals surface area contributed by atoms with Crippen LogP contribution in [-0.4, -0.2) is 25.3 Å². The second-order valence-electron chi connectivity index (χ2n) is 2.79. The maximum atomic E-state index is 10.3. The van der Waals surface area contributed by atoms with Gasteiger partial charge in [0.1, 0.15) is 6.20 Å². The molecule has 1 rings (SSSR count). The first-order valence-electron chi connectivity index (χ1n) is 4.20. The number of nitrogens with zero attached hydrogens (tertiary/aromatic N) is 3. The number of rotatable bonds is 5. The van der Waals surface area contributed by atoms with Crippen LogP contribution in [0.3, 0.4) is 0 Å². The van der Waals surface area contributed by atoms with Crippen molar-refractivity contribution in [2.45, 2.75) is 13.0 Å². The van der Waals surface area contributed by atoms with Crippen LogP contribution < -0.4 is 34.9 Å². The Labute approximate surface area is 126 Å². The van der Waals surface area contributed by atoms with E-state index in [0.29, 0.717) is 17.4 Å². The molecule has 0 unspecified atom stereocenters. The van der Waals surface area contributed by atoms with Crippen LogP contribution in [-0.2, 0) is 19.2 Å². The van der Waals surface area contributed by atoms with E-state index in [2.05, 4.69) is 35.1 Å². The minimum Gasteiger partial charge on any atom is -0.412 e. The third-order valence-corrected chi connectivity index (χ3v) is 1.96. The van der Waals surface area contributed by atoms with Gasteiger partial charge in [-0.05, 0) is 16.3 Å². The van der Waals surface area contributed by atoms with Crippen molar-refractivity contribution in [3.05, 3.63) is 22.6 Å². The van der Waals surface area contributed by atoms with Gasteiger partial charge >= 0.3 is 35.4 Å². The zero-order valence-electron chi connectivity index (χ0n) is 8.75. The molecule has 1 N–H and O–H groups in total. The van der Waals surface area contributed by atoms with Crippen LogP contribution >= 0.6 is 12.2 Å². The molecular weight excluding hydrogens is 259 g/mol. The molecule has 0 saturated carbocycles. The van der Waals surface area contributed by atoms with E-state index in [-0.39, 0.29) is 35.4 Å². The normalized spacial score (nSPS) is 9.25.